The first-order valence-corrected chi connectivity index (χ1v) is 9.84. The summed E-state index contributed by atoms with van der Waals surface area (Å²) in [4.78, 5) is 37.6. The van der Waals surface area contributed by atoms with Gasteiger partial charge in [0.2, 0.25) is 16.7 Å². The number of amides is 3. The van der Waals surface area contributed by atoms with Crippen LogP contribution in [0.25, 0.3) is 0 Å². The lowest BCUT2D eigenvalue weighted by Crippen LogP contribution is -2.48. The van der Waals surface area contributed by atoms with E-state index in [1.54, 1.807) is 23.1 Å². The number of anilines is 1. The highest BCUT2D eigenvalue weighted by Gasteiger charge is 2.61. The second kappa shape index (κ2) is 7.16. The summed E-state index contributed by atoms with van der Waals surface area (Å²) >= 11 is 7.26. The van der Waals surface area contributed by atoms with Crippen LogP contribution in [-0.4, -0.2) is 34.4 Å². The predicted molar refractivity (Wildman–Crippen MR) is 106 cm³/mol. The number of hydrogen-bond acceptors (Lipinski definition) is 5. The summed E-state index contributed by atoms with van der Waals surface area (Å²) in [6.45, 7) is 7.39. The Morgan fingerprint density at radius 3 is 2.63 bits per heavy atom. The van der Waals surface area contributed by atoms with Crippen LogP contribution < -0.4 is 10.2 Å². The summed E-state index contributed by atoms with van der Waals surface area (Å²) in [5, 5.41) is 8.62. The Bertz CT molecular complexity index is 857. The third kappa shape index (κ3) is 3.32. The number of carbonyl (C=O) groups is 3. The van der Waals surface area contributed by atoms with Crippen molar-refractivity contribution in [3.8, 4) is 0 Å². The SMILES string of the molecule is CC(=O)NC1=NN(C(C)=O)[C@@]2(S1)C(=O)N(CCC(C)C)c1ccc(Cl)cc12. The zero-order valence-corrected chi connectivity index (χ0v) is 17.1. The van der Waals surface area contributed by atoms with E-state index in [9.17, 15) is 14.4 Å². The minimum atomic E-state index is -1.39. The molecule has 27 heavy (non-hydrogen) atoms. The Labute approximate surface area is 167 Å². The van der Waals surface area contributed by atoms with Crippen LogP contribution in [0.4, 0.5) is 5.69 Å². The van der Waals surface area contributed by atoms with Gasteiger partial charge < -0.3 is 10.2 Å². The van der Waals surface area contributed by atoms with Crippen LogP contribution in [-0.2, 0) is 19.3 Å². The maximum atomic E-state index is 13.5. The molecule has 1 spiro atoms. The number of rotatable bonds is 3. The largest absolute Gasteiger partial charge is 0.309 e. The monoisotopic (exact) mass is 408 g/mol. The van der Waals surface area contributed by atoms with Crippen molar-refractivity contribution in [1.29, 1.82) is 0 Å². The highest BCUT2D eigenvalue weighted by atomic mass is 35.5. The number of benzene rings is 1. The van der Waals surface area contributed by atoms with Crippen LogP contribution in [0.15, 0.2) is 23.3 Å². The van der Waals surface area contributed by atoms with Gasteiger partial charge in [-0.3, -0.25) is 14.4 Å². The molecule has 0 aromatic heterocycles. The van der Waals surface area contributed by atoms with Gasteiger partial charge >= 0.3 is 0 Å². The van der Waals surface area contributed by atoms with Gasteiger partial charge in [0.15, 0.2) is 5.17 Å². The molecule has 1 N–H and O–H groups in total. The van der Waals surface area contributed by atoms with Crippen molar-refractivity contribution in [2.45, 2.75) is 39.0 Å². The van der Waals surface area contributed by atoms with Crippen molar-refractivity contribution in [2.75, 3.05) is 11.4 Å². The summed E-state index contributed by atoms with van der Waals surface area (Å²) in [5.74, 6) is -0.566. The summed E-state index contributed by atoms with van der Waals surface area (Å²) in [6, 6.07) is 5.21. The van der Waals surface area contributed by atoms with E-state index in [2.05, 4.69) is 24.3 Å². The number of halogens is 1. The van der Waals surface area contributed by atoms with Crippen LogP contribution >= 0.6 is 23.4 Å². The van der Waals surface area contributed by atoms with Crippen molar-refractivity contribution < 1.29 is 14.4 Å². The fourth-order valence-electron chi connectivity index (χ4n) is 3.19. The molecule has 0 saturated carbocycles. The maximum Gasteiger partial charge on any atom is 0.270 e. The molecule has 0 bridgehead atoms. The summed E-state index contributed by atoms with van der Waals surface area (Å²) in [5.41, 5.74) is 1.32. The van der Waals surface area contributed by atoms with Gasteiger partial charge in [0.1, 0.15) is 0 Å². The predicted octanol–water partition coefficient (Wildman–Crippen LogP) is 2.89. The van der Waals surface area contributed by atoms with Gasteiger partial charge in [-0.1, -0.05) is 25.4 Å². The number of carbonyl (C=O) groups excluding carboxylic acids is 3. The topological polar surface area (TPSA) is 82.1 Å². The van der Waals surface area contributed by atoms with Gasteiger partial charge in [-0.2, -0.15) is 5.01 Å². The van der Waals surface area contributed by atoms with Crippen LogP contribution in [0, 0.1) is 5.92 Å². The van der Waals surface area contributed by atoms with Crippen LogP contribution in [0.1, 0.15) is 39.7 Å². The summed E-state index contributed by atoms with van der Waals surface area (Å²) < 4.78 is 0. The number of thioether (sulfide) groups is 1. The van der Waals surface area contributed by atoms with Gasteiger partial charge in [0.05, 0.1) is 5.69 Å². The first-order valence-electron chi connectivity index (χ1n) is 8.64. The molecule has 0 saturated heterocycles. The normalized spacial score (nSPS) is 21.1. The maximum absolute atomic E-state index is 13.5. The lowest BCUT2D eigenvalue weighted by atomic mass is 10.1. The Morgan fingerprint density at radius 1 is 1.33 bits per heavy atom. The van der Waals surface area contributed by atoms with E-state index in [1.807, 2.05) is 0 Å². The lowest BCUT2D eigenvalue weighted by molar-refractivity contribution is -0.139. The molecule has 7 nitrogen and oxygen atoms in total. The number of amidine groups is 1. The van der Waals surface area contributed by atoms with E-state index in [0.29, 0.717) is 28.7 Å². The highest BCUT2D eigenvalue weighted by molar-refractivity contribution is 8.15. The molecule has 144 valence electrons. The quantitative estimate of drug-likeness (QED) is 0.833. The summed E-state index contributed by atoms with van der Waals surface area (Å²) in [6.07, 6.45) is 0.814. The molecule has 2 heterocycles. The first kappa shape index (κ1) is 19.7. The number of nitrogens with one attached hydrogen (secondary N) is 1. The van der Waals surface area contributed by atoms with E-state index in [0.717, 1.165) is 23.2 Å². The molecule has 1 aromatic rings. The van der Waals surface area contributed by atoms with Crippen LogP contribution in [0.2, 0.25) is 5.02 Å². The molecule has 0 unspecified atom stereocenters. The van der Waals surface area contributed by atoms with E-state index < -0.39 is 10.8 Å². The molecule has 0 aliphatic carbocycles. The number of fused-ring (bicyclic) bond motifs is 2. The van der Waals surface area contributed by atoms with E-state index in [1.165, 1.54) is 13.8 Å². The summed E-state index contributed by atoms with van der Waals surface area (Å²) in [7, 11) is 0. The number of nitrogens with zero attached hydrogens (tertiary/aromatic N) is 3. The van der Waals surface area contributed by atoms with E-state index in [-0.39, 0.29) is 17.0 Å². The zero-order valence-electron chi connectivity index (χ0n) is 15.6. The Morgan fingerprint density at radius 2 is 2.04 bits per heavy atom. The molecule has 2 aliphatic rings. The second-order valence-corrected chi connectivity index (χ2v) is 8.58. The fraction of sp³-hybridized carbons (Fsp3) is 0.444. The Kier molecular flexibility index (Phi) is 5.22. The fourth-order valence-corrected chi connectivity index (χ4v) is 4.69. The van der Waals surface area contributed by atoms with Crippen LogP contribution in [0.5, 0.6) is 0 Å². The van der Waals surface area contributed by atoms with Crippen molar-refractivity contribution in [1.82, 2.24) is 10.3 Å². The van der Waals surface area contributed by atoms with Crippen LogP contribution in [0.3, 0.4) is 0 Å². The lowest BCUT2D eigenvalue weighted by Gasteiger charge is -2.29. The Balaban J connectivity index is 2.11. The van der Waals surface area contributed by atoms with E-state index in [4.69, 9.17) is 11.6 Å². The third-order valence-corrected chi connectivity index (χ3v) is 5.87. The van der Waals surface area contributed by atoms with Gasteiger partial charge in [0.25, 0.3) is 5.91 Å². The minimum absolute atomic E-state index is 0.211. The van der Waals surface area contributed by atoms with Gasteiger partial charge in [0, 0.05) is 31.0 Å². The second-order valence-electron chi connectivity index (χ2n) is 6.96. The average molecular weight is 409 g/mol. The van der Waals surface area contributed by atoms with E-state index >= 15 is 0 Å². The zero-order chi connectivity index (χ0) is 19.9. The molecule has 0 fully saturated rings. The smallest absolute Gasteiger partial charge is 0.270 e. The molecular formula is C18H21ClN4O3S. The van der Waals surface area contributed by atoms with Gasteiger partial charge in [-0.25, -0.2) is 0 Å². The molecule has 3 rings (SSSR count). The molecule has 9 heteroatoms. The van der Waals surface area contributed by atoms with Crippen molar-refractivity contribution in [2.24, 2.45) is 11.0 Å². The number of hydrazone groups is 1. The molecule has 2 aliphatic heterocycles. The molecule has 3 amide bonds. The van der Waals surface area contributed by atoms with Gasteiger partial charge in [-0.15, -0.1) is 5.10 Å². The van der Waals surface area contributed by atoms with Crippen molar-refractivity contribution in [3.63, 3.8) is 0 Å². The Hall–Kier alpha value is -2.06. The minimum Gasteiger partial charge on any atom is -0.309 e. The average Bonchev–Trinajstić information content (AvgIpc) is 3.04. The number of hydrogen-bond donors (Lipinski definition) is 1. The van der Waals surface area contributed by atoms with Gasteiger partial charge in [-0.05, 0) is 42.3 Å². The standard InChI is InChI=1S/C18H21ClN4O3S/c1-10(2)7-8-22-15-6-5-13(19)9-14(15)18(16(22)26)23(12(4)25)21-17(27-18)20-11(3)24/h5-6,9-10H,7-8H2,1-4H3,(H,20,21,24)/t18-/m0/s1. The molecule has 1 atom stereocenters. The van der Waals surface area contributed by atoms with Crippen molar-refractivity contribution >= 4 is 51.9 Å². The molecule has 1 aromatic carbocycles. The van der Waals surface area contributed by atoms with Crippen molar-refractivity contribution in [3.05, 3.63) is 28.8 Å². The third-order valence-electron chi connectivity index (χ3n) is 4.39. The molecular weight excluding hydrogens is 388 g/mol. The molecule has 0 radical (unpaired) electrons. The highest BCUT2D eigenvalue weighted by Crippen LogP contribution is 2.54. The first-order chi connectivity index (χ1) is 12.7.